The Morgan fingerprint density at radius 3 is 2.42 bits per heavy atom. The van der Waals surface area contributed by atoms with Crippen molar-refractivity contribution in [2.45, 2.75) is 37.8 Å². The third kappa shape index (κ3) is 2.56. The standard InChI is InChI=1S/C19H18N2O3/c22-19(14-5-8-16(9-6-14)21(23)24)20(15-10-11-15)18-12-7-13-3-1-2-4-17(13)18/h1-6,8-9,15,18H,7,10-12H2. The fraction of sp³-hybridized carbons (Fsp3) is 0.316. The zero-order chi connectivity index (χ0) is 16.7. The summed E-state index contributed by atoms with van der Waals surface area (Å²) >= 11 is 0. The van der Waals surface area contributed by atoms with Gasteiger partial charge >= 0.3 is 0 Å². The first kappa shape index (κ1) is 14.9. The Balaban J connectivity index is 1.64. The summed E-state index contributed by atoms with van der Waals surface area (Å²) in [5.41, 5.74) is 3.11. The minimum atomic E-state index is -0.444. The van der Waals surface area contributed by atoms with Crippen molar-refractivity contribution in [3.8, 4) is 0 Å². The van der Waals surface area contributed by atoms with E-state index >= 15 is 0 Å². The summed E-state index contributed by atoms with van der Waals surface area (Å²) in [5, 5.41) is 10.8. The van der Waals surface area contributed by atoms with Crippen molar-refractivity contribution < 1.29 is 9.72 Å². The lowest BCUT2D eigenvalue weighted by Gasteiger charge is -2.30. The number of hydrogen-bond donors (Lipinski definition) is 0. The van der Waals surface area contributed by atoms with Crippen molar-refractivity contribution in [3.05, 3.63) is 75.3 Å². The topological polar surface area (TPSA) is 63.4 Å². The van der Waals surface area contributed by atoms with Crippen molar-refractivity contribution in [1.29, 1.82) is 0 Å². The molecule has 4 rings (SSSR count). The Morgan fingerprint density at radius 2 is 1.75 bits per heavy atom. The number of nitro groups is 1. The van der Waals surface area contributed by atoms with E-state index in [1.807, 2.05) is 17.0 Å². The molecule has 0 aliphatic heterocycles. The van der Waals surface area contributed by atoms with Crippen LogP contribution in [0.5, 0.6) is 0 Å². The van der Waals surface area contributed by atoms with E-state index in [0.29, 0.717) is 11.6 Å². The molecule has 1 atom stereocenters. The van der Waals surface area contributed by atoms with Gasteiger partial charge in [-0.1, -0.05) is 24.3 Å². The summed E-state index contributed by atoms with van der Waals surface area (Å²) in [7, 11) is 0. The van der Waals surface area contributed by atoms with Crippen LogP contribution in [0.25, 0.3) is 0 Å². The molecule has 0 spiro atoms. The normalized spacial score (nSPS) is 18.9. The summed E-state index contributed by atoms with van der Waals surface area (Å²) in [5.74, 6) is -0.0194. The van der Waals surface area contributed by atoms with E-state index in [0.717, 1.165) is 25.7 Å². The number of amides is 1. The van der Waals surface area contributed by atoms with Crippen molar-refractivity contribution in [2.75, 3.05) is 0 Å². The maximum Gasteiger partial charge on any atom is 0.269 e. The monoisotopic (exact) mass is 322 g/mol. The Kier molecular flexibility index (Phi) is 3.56. The van der Waals surface area contributed by atoms with Gasteiger partial charge in [0.25, 0.3) is 11.6 Å². The smallest absolute Gasteiger partial charge is 0.269 e. The molecule has 0 N–H and O–H groups in total. The number of carbonyl (C=O) groups is 1. The van der Waals surface area contributed by atoms with Gasteiger partial charge < -0.3 is 4.90 Å². The molecule has 2 aromatic carbocycles. The first-order chi connectivity index (χ1) is 11.6. The molecule has 5 heteroatoms. The van der Waals surface area contributed by atoms with E-state index in [-0.39, 0.29) is 17.6 Å². The van der Waals surface area contributed by atoms with Gasteiger partial charge in [-0.25, -0.2) is 0 Å². The predicted octanol–water partition coefficient (Wildman–Crippen LogP) is 3.89. The van der Waals surface area contributed by atoms with E-state index in [1.165, 1.54) is 23.3 Å². The first-order valence-corrected chi connectivity index (χ1v) is 8.30. The van der Waals surface area contributed by atoms with Gasteiger partial charge in [-0.15, -0.1) is 0 Å². The van der Waals surface area contributed by atoms with Crippen LogP contribution in [0.3, 0.4) is 0 Å². The number of nitrogens with zero attached hydrogens (tertiary/aromatic N) is 2. The van der Waals surface area contributed by atoms with Gasteiger partial charge in [0.1, 0.15) is 0 Å². The second-order valence-electron chi connectivity index (χ2n) is 6.50. The van der Waals surface area contributed by atoms with Crippen LogP contribution in [0.4, 0.5) is 5.69 Å². The number of rotatable bonds is 4. The Hall–Kier alpha value is -2.69. The summed E-state index contributed by atoms with van der Waals surface area (Å²) in [4.78, 5) is 25.4. The van der Waals surface area contributed by atoms with Gasteiger partial charge in [0.15, 0.2) is 0 Å². The highest BCUT2D eigenvalue weighted by molar-refractivity contribution is 5.95. The third-order valence-corrected chi connectivity index (χ3v) is 4.94. The van der Waals surface area contributed by atoms with E-state index in [2.05, 4.69) is 12.1 Å². The molecule has 2 aliphatic carbocycles. The maximum absolute atomic E-state index is 13.1. The largest absolute Gasteiger partial charge is 0.329 e. The number of hydrogen-bond acceptors (Lipinski definition) is 3. The van der Waals surface area contributed by atoms with E-state index in [9.17, 15) is 14.9 Å². The number of non-ortho nitro benzene ring substituents is 1. The van der Waals surface area contributed by atoms with E-state index < -0.39 is 4.92 Å². The summed E-state index contributed by atoms with van der Waals surface area (Å²) in [6.45, 7) is 0. The van der Waals surface area contributed by atoms with E-state index in [4.69, 9.17) is 0 Å². The van der Waals surface area contributed by atoms with Crippen molar-refractivity contribution >= 4 is 11.6 Å². The van der Waals surface area contributed by atoms with Gasteiger partial charge in [0, 0.05) is 23.7 Å². The van der Waals surface area contributed by atoms with Crippen molar-refractivity contribution in [1.82, 2.24) is 4.90 Å². The molecule has 0 radical (unpaired) electrons. The van der Waals surface area contributed by atoms with Gasteiger partial charge in [-0.05, 0) is 48.9 Å². The van der Waals surface area contributed by atoms with Crippen LogP contribution in [0, 0.1) is 10.1 Å². The molecular formula is C19H18N2O3. The Bertz CT molecular complexity index is 797. The van der Waals surface area contributed by atoms with Crippen LogP contribution in [0.1, 0.15) is 46.8 Å². The number of nitro benzene ring substituents is 1. The number of carbonyl (C=O) groups excluding carboxylic acids is 1. The quantitative estimate of drug-likeness (QED) is 0.634. The minimum absolute atomic E-state index is 0.00994. The third-order valence-electron chi connectivity index (χ3n) is 4.94. The molecule has 0 bridgehead atoms. The molecule has 5 nitrogen and oxygen atoms in total. The maximum atomic E-state index is 13.1. The van der Waals surface area contributed by atoms with Crippen LogP contribution in [0.15, 0.2) is 48.5 Å². The van der Waals surface area contributed by atoms with Gasteiger partial charge in [-0.3, -0.25) is 14.9 Å². The predicted molar refractivity (Wildman–Crippen MR) is 89.8 cm³/mol. The summed E-state index contributed by atoms with van der Waals surface area (Å²) in [6.07, 6.45) is 4.03. The number of benzene rings is 2. The molecular weight excluding hydrogens is 304 g/mol. The SMILES string of the molecule is O=C(c1ccc([N+](=O)[O-])cc1)N(C1CC1)C1CCc2ccccc21. The average Bonchev–Trinajstić information content (AvgIpc) is 3.35. The lowest BCUT2D eigenvalue weighted by atomic mass is 10.0. The number of fused-ring (bicyclic) bond motifs is 1. The van der Waals surface area contributed by atoms with Gasteiger partial charge in [0.2, 0.25) is 0 Å². The number of aryl methyl sites for hydroxylation is 1. The minimum Gasteiger partial charge on any atom is -0.329 e. The zero-order valence-electron chi connectivity index (χ0n) is 13.2. The molecule has 1 amide bonds. The molecule has 2 aliphatic rings. The van der Waals surface area contributed by atoms with Crippen LogP contribution >= 0.6 is 0 Å². The first-order valence-electron chi connectivity index (χ1n) is 8.30. The highest BCUT2D eigenvalue weighted by Crippen LogP contribution is 2.42. The fourth-order valence-electron chi connectivity index (χ4n) is 3.61. The molecule has 1 saturated carbocycles. The average molecular weight is 322 g/mol. The summed E-state index contributed by atoms with van der Waals surface area (Å²) in [6, 6.07) is 14.7. The van der Waals surface area contributed by atoms with E-state index in [1.54, 1.807) is 12.1 Å². The molecule has 24 heavy (non-hydrogen) atoms. The zero-order valence-corrected chi connectivity index (χ0v) is 13.2. The second kappa shape index (κ2) is 5.74. The van der Waals surface area contributed by atoms with Gasteiger partial charge in [0.05, 0.1) is 11.0 Å². The van der Waals surface area contributed by atoms with Crippen molar-refractivity contribution in [2.24, 2.45) is 0 Å². The van der Waals surface area contributed by atoms with Crippen LogP contribution in [-0.2, 0) is 6.42 Å². The molecule has 1 unspecified atom stereocenters. The Morgan fingerprint density at radius 1 is 1.04 bits per heavy atom. The lowest BCUT2D eigenvalue weighted by molar-refractivity contribution is -0.384. The fourth-order valence-corrected chi connectivity index (χ4v) is 3.61. The molecule has 0 saturated heterocycles. The highest BCUT2D eigenvalue weighted by atomic mass is 16.6. The lowest BCUT2D eigenvalue weighted by Crippen LogP contribution is -2.36. The second-order valence-corrected chi connectivity index (χ2v) is 6.50. The van der Waals surface area contributed by atoms with Crippen LogP contribution in [-0.4, -0.2) is 21.8 Å². The molecule has 0 heterocycles. The van der Waals surface area contributed by atoms with Crippen LogP contribution in [0.2, 0.25) is 0 Å². The summed E-state index contributed by atoms with van der Waals surface area (Å²) < 4.78 is 0. The van der Waals surface area contributed by atoms with Gasteiger partial charge in [-0.2, -0.15) is 0 Å². The molecule has 2 aromatic rings. The molecule has 1 fully saturated rings. The molecule has 122 valence electrons. The highest BCUT2D eigenvalue weighted by Gasteiger charge is 2.40. The Labute approximate surface area is 140 Å². The van der Waals surface area contributed by atoms with Crippen LogP contribution < -0.4 is 0 Å². The molecule has 0 aromatic heterocycles. The van der Waals surface area contributed by atoms with Crippen molar-refractivity contribution in [3.63, 3.8) is 0 Å².